The fraction of sp³-hybridized carbons (Fsp3) is 0.111. The Bertz CT molecular complexity index is 542. The van der Waals surface area contributed by atoms with E-state index in [9.17, 15) is 13.2 Å². The second kappa shape index (κ2) is 4.30. The van der Waals surface area contributed by atoms with E-state index in [1.54, 1.807) is 6.19 Å². The van der Waals surface area contributed by atoms with Gasteiger partial charge in [0.2, 0.25) is 0 Å². The molecule has 0 saturated carbocycles. The number of carbonyl (C=O) groups excluding carboxylic acids is 1. The monoisotopic (exact) mass is 240 g/mol. The molecular formula is C9H8N2O4S. The molecule has 0 aliphatic heterocycles. The molecule has 0 fully saturated rings. The smallest absolute Gasteiger partial charge is 0.282 e. The van der Waals surface area contributed by atoms with Gasteiger partial charge in [-0.3, -0.25) is 9.35 Å². The summed E-state index contributed by atoms with van der Waals surface area (Å²) in [5.41, 5.74) is 0.163. The molecule has 0 radical (unpaired) electrons. The Morgan fingerprint density at radius 3 is 2.25 bits per heavy atom. The highest BCUT2D eigenvalue weighted by Gasteiger charge is 2.13. The number of carbonyl (C=O) groups is 1. The fourth-order valence-corrected chi connectivity index (χ4v) is 1.49. The Morgan fingerprint density at radius 2 is 1.88 bits per heavy atom. The highest BCUT2D eigenvalue weighted by Crippen LogP contribution is 2.11. The minimum Gasteiger partial charge on any atom is -0.282 e. The SMILES string of the molecule is CN(C#N)C(=O)c1ccc(S(=O)(=O)O)cc1. The molecule has 1 aromatic rings. The van der Waals surface area contributed by atoms with Gasteiger partial charge in [-0.15, -0.1) is 0 Å². The third kappa shape index (κ3) is 2.56. The summed E-state index contributed by atoms with van der Waals surface area (Å²) in [4.78, 5) is 11.9. The number of hydrogen-bond donors (Lipinski definition) is 1. The van der Waals surface area contributed by atoms with E-state index in [0.29, 0.717) is 0 Å². The summed E-state index contributed by atoms with van der Waals surface area (Å²) in [6, 6.07) is 4.63. The third-order valence-corrected chi connectivity index (χ3v) is 2.72. The van der Waals surface area contributed by atoms with E-state index < -0.39 is 16.0 Å². The average Bonchev–Trinajstić information content (AvgIpc) is 2.26. The summed E-state index contributed by atoms with van der Waals surface area (Å²) in [6.45, 7) is 0. The van der Waals surface area contributed by atoms with Crippen LogP contribution in [-0.4, -0.2) is 30.8 Å². The number of rotatable bonds is 2. The quantitative estimate of drug-likeness (QED) is 0.460. The van der Waals surface area contributed by atoms with Crippen LogP contribution in [0.15, 0.2) is 29.2 Å². The molecule has 1 rings (SSSR count). The summed E-state index contributed by atoms with van der Waals surface area (Å²) < 4.78 is 30.1. The first-order valence-electron chi connectivity index (χ1n) is 4.11. The number of benzene rings is 1. The van der Waals surface area contributed by atoms with Crippen molar-refractivity contribution < 1.29 is 17.8 Å². The molecule has 0 atom stereocenters. The maximum Gasteiger partial charge on any atom is 0.294 e. The third-order valence-electron chi connectivity index (χ3n) is 1.85. The van der Waals surface area contributed by atoms with Crippen LogP contribution in [0.5, 0.6) is 0 Å². The molecule has 1 amide bonds. The van der Waals surface area contributed by atoms with Crippen LogP contribution in [0, 0.1) is 11.5 Å². The summed E-state index contributed by atoms with van der Waals surface area (Å²) in [7, 11) is -2.97. The van der Waals surface area contributed by atoms with Gasteiger partial charge in [-0.2, -0.15) is 13.7 Å². The summed E-state index contributed by atoms with van der Waals surface area (Å²) in [5.74, 6) is -0.551. The van der Waals surface area contributed by atoms with Crippen molar-refractivity contribution in [2.24, 2.45) is 0 Å². The summed E-state index contributed by atoms with van der Waals surface area (Å²) in [5, 5.41) is 8.47. The topological polar surface area (TPSA) is 98.5 Å². The summed E-state index contributed by atoms with van der Waals surface area (Å²) in [6.07, 6.45) is 1.62. The van der Waals surface area contributed by atoms with Crippen molar-refractivity contribution in [3.63, 3.8) is 0 Å². The van der Waals surface area contributed by atoms with Gasteiger partial charge in [0, 0.05) is 12.6 Å². The lowest BCUT2D eigenvalue weighted by molar-refractivity contribution is 0.0858. The van der Waals surface area contributed by atoms with Crippen LogP contribution in [0.4, 0.5) is 0 Å². The van der Waals surface area contributed by atoms with Gasteiger partial charge in [-0.1, -0.05) is 0 Å². The van der Waals surface area contributed by atoms with Crippen LogP contribution >= 0.6 is 0 Å². The predicted octanol–water partition coefficient (Wildman–Crippen LogP) is 0.486. The molecule has 0 aliphatic carbocycles. The van der Waals surface area contributed by atoms with Gasteiger partial charge in [-0.05, 0) is 24.3 Å². The Kier molecular flexibility index (Phi) is 3.27. The molecule has 84 valence electrons. The minimum absolute atomic E-state index is 0.163. The second-order valence-corrected chi connectivity index (χ2v) is 4.39. The van der Waals surface area contributed by atoms with Gasteiger partial charge in [0.15, 0.2) is 6.19 Å². The van der Waals surface area contributed by atoms with Gasteiger partial charge in [-0.25, -0.2) is 4.90 Å². The Hall–Kier alpha value is -1.91. The predicted molar refractivity (Wildman–Crippen MR) is 54.0 cm³/mol. The normalized spacial score (nSPS) is 10.6. The lowest BCUT2D eigenvalue weighted by Crippen LogP contribution is -2.21. The maximum absolute atomic E-state index is 11.4. The van der Waals surface area contributed by atoms with Gasteiger partial charge < -0.3 is 0 Å². The Labute approximate surface area is 92.5 Å². The Balaban J connectivity index is 3.06. The van der Waals surface area contributed by atoms with Gasteiger partial charge >= 0.3 is 0 Å². The highest BCUT2D eigenvalue weighted by molar-refractivity contribution is 7.85. The molecular weight excluding hydrogens is 232 g/mol. The molecule has 0 heterocycles. The Morgan fingerprint density at radius 1 is 1.38 bits per heavy atom. The zero-order valence-electron chi connectivity index (χ0n) is 8.28. The number of amides is 1. The molecule has 7 heteroatoms. The van der Waals surface area contributed by atoms with Crippen LogP contribution in [-0.2, 0) is 10.1 Å². The van der Waals surface area contributed by atoms with E-state index in [1.807, 2.05) is 0 Å². The van der Waals surface area contributed by atoms with Crippen molar-refractivity contribution in [3.8, 4) is 6.19 Å². The van der Waals surface area contributed by atoms with Crippen LogP contribution in [0.2, 0.25) is 0 Å². The number of nitriles is 1. The van der Waals surface area contributed by atoms with Gasteiger partial charge in [0.05, 0.1) is 4.90 Å². The molecule has 1 N–H and O–H groups in total. The summed E-state index contributed by atoms with van der Waals surface area (Å²) >= 11 is 0. The van der Waals surface area contributed by atoms with E-state index in [4.69, 9.17) is 9.81 Å². The van der Waals surface area contributed by atoms with Crippen LogP contribution in [0.25, 0.3) is 0 Å². The first-order chi connectivity index (χ1) is 7.36. The molecule has 0 bridgehead atoms. The molecule has 16 heavy (non-hydrogen) atoms. The van der Waals surface area contributed by atoms with Gasteiger partial charge in [0.1, 0.15) is 0 Å². The first kappa shape index (κ1) is 12.2. The van der Waals surface area contributed by atoms with Crippen molar-refractivity contribution in [3.05, 3.63) is 29.8 Å². The number of nitrogens with zero attached hydrogens (tertiary/aromatic N) is 2. The molecule has 0 aliphatic rings. The van der Waals surface area contributed by atoms with Crippen LogP contribution in [0.1, 0.15) is 10.4 Å². The molecule has 0 saturated heterocycles. The van der Waals surface area contributed by atoms with E-state index in [2.05, 4.69) is 0 Å². The van der Waals surface area contributed by atoms with Crippen LogP contribution in [0.3, 0.4) is 0 Å². The van der Waals surface area contributed by atoms with E-state index in [-0.39, 0.29) is 10.5 Å². The van der Waals surface area contributed by atoms with Crippen molar-refractivity contribution in [2.75, 3.05) is 7.05 Å². The zero-order chi connectivity index (χ0) is 12.3. The fourth-order valence-electron chi connectivity index (χ4n) is 1.01. The van der Waals surface area contributed by atoms with E-state index >= 15 is 0 Å². The second-order valence-electron chi connectivity index (χ2n) is 2.96. The molecule has 1 aromatic carbocycles. The van der Waals surface area contributed by atoms with Gasteiger partial charge in [0.25, 0.3) is 16.0 Å². The number of hydrogen-bond acceptors (Lipinski definition) is 4. The van der Waals surface area contributed by atoms with Crippen molar-refractivity contribution >= 4 is 16.0 Å². The van der Waals surface area contributed by atoms with E-state index in [1.165, 1.54) is 19.2 Å². The van der Waals surface area contributed by atoms with Crippen molar-refractivity contribution in [2.45, 2.75) is 4.90 Å². The lowest BCUT2D eigenvalue weighted by Gasteiger charge is -2.06. The molecule has 0 unspecified atom stereocenters. The van der Waals surface area contributed by atoms with Crippen molar-refractivity contribution in [1.82, 2.24) is 4.90 Å². The van der Waals surface area contributed by atoms with Crippen LogP contribution < -0.4 is 0 Å². The lowest BCUT2D eigenvalue weighted by atomic mass is 10.2. The maximum atomic E-state index is 11.4. The standard InChI is InChI=1S/C9H8N2O4S/c1-11(6-10)9(12)7-2-4-8(5-3-7)16(13,14)15/h2-5H,1H3,(H,13,14,15). The molecule has 0 aromatic heterocycles. The largest absolute Gasteiger partial charge is 0.294 e. The molecule has 0 spiro atoms. The average molecular weight is 240 g/mol. The zero-order valence-corrected chi connectivity index (χ0v) is 9.10. The minimum atomic E-state index is -4.26. The van der Waals surface area contributed by atoms with E-state index in [0.717, 1.165) is 17.0 Å². The van der Waals surface area contributed by atoms with Crippen molar-refractivity contribution in [1.29, 1.82) is 5.26 Å². The first-order valence-corrected chi connectivity index (χ1v) is 5.55. The molecule has 6 nitrogen and oxygen atoms in total. The highest BCUT2D eigenvalue weighted by atomic mass is 32.2.